The normalized spacial score (nSPS) is 16.6. The molecule has 3 N–H and O–H groups in total. The minimum atomic E-state index is -0.286. The zero-order valence-corrected chi connectivity index (χ0v) is 11.9. The third-order valence-electron chi connectivity index (χ3n) is 2.89. The van der Waals surface area contributed by atoms with E-state index >= 15 is 0 Å². The van der Waals surface area contributed by atoms with Crippen LogP contribution in [0.1, 0.15) is 36.6 Å². The molecule has 0 aliphatic rings. The molecule has 0 aromatic heterocycles. The van der Waals surface area contributed by atoms with Crippen molar-refractivity contribution in [2.75, 3.05) is 5.75 Å². The summed E-state index contributed by atoms with van der Waals surface area (Å²) in [6.45, 7) is 8.03. The minimum absolute atomic E-state index is 0.0415. The van der Waals surface area contributed by atoms with Crippen molar-refractivity contribution in [1.82, 2.24) is 0 Å². The average molecular weight is 253 g/mol. The van der Waals surface area contributed by atoms with Crippen molar-refractivity contribution in [2.24, 2.45) is 5.73 Å². The average Bonchev–Trinajstić information content (AvgIpc) is 2.23. The molecule has 96 valence electrons. The first kappa shape index (κ1) is 14.6. The summed E-state index contributed by atoms with van der Waals surface area (Å²) < 4.78 is 0. The lowest BCUT2D eigenvalue weighted by Gasteiger charge is -2.18. The van der Waals surface area contributed by atoms with E-state index in [4.69, 9.17) is 5.73 Å². The SMILES string of the molecule is Cc1cc(C)cc(C(N)CSC(C)C(C)O)c1. The Hall–Kier alpha value is -0.510. The van der Waals surface area contributed by atoms with E-state index in [1.807, 2.05) is 13.8 Å². The molecule has 2 nitrogen and oxygen atoms in total. The molecular formula is C14H23NOS. The second-order valence-electron chi connectivity index (χ2n) is 4.81. The maximum absolute atomic E-state index is 9.43. The highest BCUT2D eigenvalue weighted by Crippen LogP contribution is 2.22. The molecule has 0 aliphatic carbocycles. The maximum Gasteiger partial charge on any atom is 0.0628 e. The molecule has 1 rings (SSSR count). The molecule has 0 aliphatic heterocycles. The largest absolute Gasteiger partial charge is 0.392 e. The standard InChI is InChI=1S/C14H23NOS/c1-9-5-10(2)7-13(6-9)14(15)8-17-12(4)11(3)16/h5-7,11-12,14,16H,8,15H2,1-4H3. The van der Waals surface area contributed by atoms with Gasteiger partial charge in [-0.25, -0.2) is 0 Å². The molecule has 0 fully saturated rings. The Morgan fingerprint density at radius 1 is 1.18 bits per heavy atom. The second-order valence-corrected chi connectivity index (χ2v) is 6.22. The van der Waals surface area contributed by atoms with E-state index in [0.29, 0.717) is 0 Å². The molecule has 1 aromatic rings. The highest BCUT2D eigenvalue weighted by molar-refractivity contribution is 7.99. The van der Waals surface area contributed by atoms with Gasteiger partial charge in [0.2, 0.25) is 0 Å². The van der Waals surface area contributed by atoms with Gasteiger partial charge >= 0.3 is 0 Å². The van der Waals surface area contributed by atoms with Crippen LogP contribution < -0.4 is 5.73 Å². The number of rotatable bonds is 5. The van der Waals surface area contributed by atoms with Crippen molar-refractivity contribution in [3.8, 4) is 0 Å². The van der Waals surface area contributed by atoms with E-state index in [0.717, 1.165) is 5.75 Å². The minimum Gasteiger partial charge on any atom is -0.392 e. The Morgan fingerprint density at radius 2 is 1.71 bits per heavy atom. The Kier molecular flexibility index (Phi) is 5.50. The van der Waals surface area contributed by atoms with Gasteiger partial charge in [0.05, 0.1) is 6.10 Å². The van der Waals surface area contributed by atoms with E-state index in [9.17, 15) is 5.11 Å². The molecule has 3 unspecified atom stereocenters. The molecule has 3 atom stereocenters. The summed E-state index contributed by atoms with van der Waals surface area (Å²) in [4.78, 5) is 0. The molecule has 0 bridgehead atoms. The van der Waals surface area contributed by atoms with Gasteiger partial charge in [-0.1, -0.05) is 36.2 Å². The van der Waals surface area contributed by atoms with E-state index in [1.165, 1.54) is 16.7 Å². The molecule has 0 saturated heterocycles. The van der Waals surface area contributed by atoms with Crippen LogP contribution in [0.3, 0.4) is 0 Å². The summed E-state index contributed by atoms with van der Waals surface area (Å²) in [6.07, 6.45) is -0.286. The number of hydrogen-bond donors (Lipinski definition) is 2. The first-order valence-electron chi connectivity index (χ1n) is 6.03. The molecule has 1 aromatic carbocycles. The van der Waals surface area contributed by atoms with Gasteiger partial charge in [-0.3, -0.25) is 0 Å². The molecule has 3 heteroatoms. The Labute approximate surface area is 109 Å². The summed E-state index contributed by atoms with van der Waals surface area (Å²) in [5.41, 5.74) is 9.87. The fourth-order valence-electron chi connectivity index (χ4n) is 1.71. The van der Waals surface area contributed by atoms with Crippen LogP contribution in [-0.4, -0.2) is 22.2 Å². The predicted octanol–water partition coefficient (Wildman–Crippen LogP) is 2.81. The van der Waals surface area contributed by atoms with Gasteiger partial charge in [0, 0.05) is 17.0 Å². The quantitative estimate of drug-likeness (QED) is 0.848. The molecule has 0 radical (unpaired) electrons. The predicted molar refractivity (Wildman–Crippen MR) is 76.4 cm³/mol. The van der Waals surface area contributed by atoms with Crippen molar-refractivity contribution in [3.05, 3.63) is 34.9 Å². The van der Waals surface area contributed by atoms with Gasteiger partial charge in [0.15, 0.2) is 0 Å². The topological polar surface area (TPSA) is 46.2 Å². The fourth-order valence-corrected chi connectivity index (χ4v) is 2.70. The van der Waals surface area contributed by atoms with Gasteiger partial charge in [0.25, 0.3) is 0 Å². The van der Waals surface area contributed by atoms with Crippen molar-refractivity contribution in [3.63, 3.8) is 0 Å². The number of aliphatic hydroxyl groups is 1. The van der Waals surface area contributed by atoms with Crippen LogP contribution in [0.4, 0.5) is 0 Å². The molecule has 0 spiro atoms. The van der Waals surface area contributed by atoms with Crippen LogP contribution in [0.2, 0.25) is 0 Å². The Balaban J connectivity index is 2.60. The molecule has 0 heterocycles. The second kappa shape index (κ2) is 6.43. The summed E-state index contributed by atoms with van der Waals surface area (Å²) in [5.74, 6) is 0.842. The van der Waals surface area contributed by atoms with Crippen LogP contribution >= 0.6 is 11.8 Å². The number of nitrogens with two attached hydrogens (primary N) is 1. The number of aryl methyl sites for hydroxylation is 2. The van der Waals surface area contributed by atoms with Crippen molar-refractivity contribution in [1.29, 1.82) is 0 Å². The van der Waals surface area contributed by atoms with E-state index in [-0.39, 0.29) is 17.4 Å². The Bertz CT molecular complexity index is 345. The summed E-state index contributed by atoms with van der Waals surface area (Å²) >= 11 is 1.72. The highest BCUT2D eigenvalue weighted by atomic mass is 32.2. The van der Waals surface area contributed by atoms with Gasteiger partial charge < -0.3 is 10.8 Å². The lowest BCUT2D eigenvalue weighted by atomic mass is 10.0. The summed E-state index contributed by atoms with van der Waals surface area (Å²) in [6, 6.07) is 6.48. The molecule has 0 amide bonds. The van der Waals surface area contributed by atoms with Crippen molar-refractivity contribution >= 4 is 11.8 Å². The van der Waals surface area contributed by atoms with Crippen LogP contribution in [-0.2, 0) is 0 Å². The Morgan fingerprint density at radius 3 is 2.18 bits per heavy atom. The third kappa shape index (κ3) is 4.70. The van der Waals surface area contributed by atoms with Crippen LogP contribution in [0.15, 0.2) is 18.2 Å². The number of benzene rings is 1. The number of aliphatic hydroxyl groups excluding tert-OH is 1. The van der Waals surface area contributed by atoms with Gasteiger partial charge in [-0.2, -0.15) is 11.8 Å². The van der Waals surface area contributed by atoms with Crippen molar-refractivity contribution < 1.29 is 5.11 Å². The van der Waals surface area contributed by atoms with Crippen LogP contribution in [0, 0.1) is 13.8 Å². The van der Waals surface area contributed by atoms with Crippen LogP contribution in [0.25, 0.3) is 0 Å². The first-order chi connectivity index (χ1) is 7.90. The molecule has 0 saturated carbocycles. The van der Waals surface area contributed by atoms with Gasteiger partial charge in [0.1, 0.15) is 0 Å². The maximum atomic E-state index is 9.43. The number of thioether (sulfide) groups is 1. The summed E-state index contributed by atoms with van der Waals surface area (Å²) in [7, 11) is 0. The van der Waals surface area contributed by atoms with Gasteiger partial charge in [-0.15, -0.1) is 0 Å². The fraction of sp³-hybridized carbons (Fsp3) is 0.571. The number of hydrogen-bond acceptors (Lipinski definition) is 3. The lowest BCUT2D eigenvalue weighted by Crippen LogP contribution is -2.20. The zero-order chi connectivity index (χ0) is 13.0. The van der Waals surface area contributed by atoms with E-state index < -0.39 is 0 Å². The van der Waals surface area contributed by atoms with Crippen LogP contribution in [0.5, 0.6) is 0 Å². The smallest absolute Gasteiger partial charge is 0.0628 e. The van der Waals surface area contributed by atoms with E-state index in [1.54, 1.807) is 11.8 Å². The summed E-state index contributed by atoms with van der Waals surface area (Å²) in [5, 5.41) is 9.66. The molecular weight excluding hydrogens is 230 g/mol. The molecule has 17 heavy (non-hydrogen) atoms. The van der Waals surface area contributed by atoms with E-state index in [2.05, 4.69) is 32.0 Å². The third-order valence-corrected chi connectivity index (χ3v) is 4.36. The van der Waals surface area contributed by atoms with Gasteiger partial charge in [-0.05, 0) is 26.3 Å². The van der Waals surface area contributed by atoms with Crippen molar-refractivity contribution in [2.45, 2.75) is 45.1 Å². The zero-order valence-electron chi connectivity index (χ0n) is 11.1. The lowest BCUT2D eigenvalue weighted by molar-refractivity contribution is 0.196. The monoisotopic (exact) mass is 253 g/mol. The first-order valence-corrected chi connectivity index (χ1v) is 7.08. The highest BCUT2D eigenvalue weighted by Gasteiger charge is 2.13.